The SMILES string of the molecule is OCC(CCBr)c1ccccc1. The summed E-state index contributed by atoms with van der Waals surface area (Å²) in [6.45, 7) is 0.232. The van der Waals surface area contributed by atoms with Crippen molar-refractivity contribution in [3.05, 3.63) is 35.9 Å². The van der Waals surface area contributed by atoms with Gasteiger partial charge in [-0.05, 0) is 12.0 Å². The summed E-state index contributed by atoms with van der Waals surface area (Å²) in [5.74, 6) is 0.283. The number of hydrogen-bond donors (Lipinski definition) is 1. The molecule has 1 aromatic rings. The third-order valence-corrected chi connectivity index (χ3v) is 2.41. The monoisotopic (exact) mass is 228 g/mol. The van der Waals surface area contributed by atoms with E-state index < -0.39 is 0 Å². The molecule has 1 aromatic carbocycles. The van der Waals surface area contributed by atoms with E-state index in [1.165, 1.54) is 5.56 Å². The maximum Gasteiger partial charge on any atom is 0.0500 e. The normalized spacial score (nSPS) is 12.8. The molecule has 0 bridgehead atoms. The molecule has 0 aliphatic carbocycles. The first-order chi connectivity index (χ1) is 5.88. The summed E-state index contributed by atoms with van der Waals surface area (Å²) in [5, 5.41) is 10.0. The van der Waals surface area contributed by atoms with Crippen molar-refractivity contribution in [2.45, 2.75) is 12.3 Å². The van der Waals surface area contributed by atoms with Crippen molar-refractivity contribution in [2.24, 2.45) is 0 Å². The summed E-state index contributed by atoms with van der Waals surface area (Å²) < 4.78 is 0. The minimum Gasteiger partial charge on any atom is -0.396 e. The van der Waals surface area contributed by atoms with Crippen molar-refractivity contribution >= 4 is 15.9 Å². The number of halogens is 1. The third kappa shape index (κ3) is 2.61. The van der Waals surface area contributed by atoms with Gasteiger partial charge in [0.2, 0.25) is 0 Å². The number of aliphatic hydroxyl groups is 1. The number of rotatable bonds is 4. The van der Waals surface area contributed by atoms with Crippen molar-refractivity contribution in [3.63, 3.8) is 0 Å². The fourth-order valence-electron chi connectivity index (χ4n) is 1.22. The first kappa shape index (κ1) is 9.75. The molecule has 0 aliphatic rings. The smallest absolute Gasteiger partial charge is 0.0500 e. The maximum atomic E-state index is 9.09. The Hall–Kier alpha value is -0.340. The molecule has 12 heavy (non-hydrogen) atoms. The van der Waals surface area contributed by atoms with Gasteiger partial charge in [-0.2, -0.15) is 0 Å². The quantitative estimate of drug-likeness (QED) is 0.786. The topological polar surface area (TPSA) is 20.2 Å². The predicted octanol–water partition coefficient (Wildman–Crippen LogP) is 2.55. The average molecular weight is 229 g/mol. The molecular formula is C10H13BrO. The number of alkyl halides is 1. The van der Waals surface area contributed by atoms with Crippen LogP contribution in [0.15, 0.2) is 30.3 Å². The molecule has 0 fully saturated rings. The van der Waals surface area contributed by atoms with Crippen LogP contribution in [0.3, 0.4) is 0 Å². The summed E-state index contributed by atoms with van der Waals surface area (Å²) in [7, 11) is 0. The Bertz CT molecular complexity index is 210. The lowest BCUT2D eigenvalue weighted by atomic mass is 9.98. The van der Waals surface area contributed by atoms with Gasteiger partial charge in [0.05, 0.1) is 0 Å². The Morgan fingerprint density at radius 1 is 1.25 bits per heavy atom. The Balaban J connectivity index is 2.66. The average Bonchev–Trinajstić information content (AvgIpc) is 2.15. The third-order valence-electron chi connectivity index (χ3n) is 1.95. The van der Waals surface area contributed by atoms with Gasteiger partial charge in [-0.15, -0.1) is 0 Å². The van der Waals surface area contributed by atoms with E-state index >= 15 is 0 Å². The molecule has 1 N–H and O–H groups in total. The Labute approximate surface area is 81.6 Å². The molecule has 0 aromatic heterocycles. The molecule has 0 aliphatic heterocycles. The van der Waals surface area contributed by atoms with E-state index in [1.54, 1.807) is 0 Å². The van der Waals surface area contributed by atoms with Gasteiger partial charge in [-0.1, -0.05) is 46.3 Å². The molecule has 0 radical (unpaired) electrons. The van der Waals surface area contributed by atoms with Crippen LogP contribution in [0.4, 0.5) is 0 Å². The first-order valence-electron chi connectivity index (χ1n) is 4.10. The van der Waals surface area contributed by atoms with E-state index in [0.29, 0.717) is 0 Å². The van der Waals surface area contributed by atoms with E-state index in [4.69, 9.17) is 5.11 Å². The van der Waals surface area contributed by atoms with E-state index in [-0.39, 0.29) is 12.5 Å². The largest absolute Gasteiger partial charge is 0.396 e. The highest BCUT2D eigenvalue weighted by molar-refractivity contribution is 9.09. The molecule has 1 atom stereocenters. The molecule has 0 amide bonds. The Morgan fingerprint density at radius 3 is 2.42 bits per heavy atom. The van der Waals surface area contributed by atoms with Crippen LogP contribution in [0.2, 0.25) is 0 Å². The minimum atomic E-state index is 0.232. The van der Waals surface area contributed by atoms with Crippen molar-refractivity contribution in [3.8, 4) is 0 Å². The van der Waals surface area contributed by atoms with Gasteiger partial charge in [0.25, 0.3) is 0 Å². The lowest BCUT2D eigenvalue weighted by Gasteiger charge is -2.12. The summed E-state index contributed by atoms with van der Waals surface area (Å²) >= 11 is 3.38. The van der Waals surface area contributed by atoms with Crippen LogP contribution in [0.25, 0.3) is 0 Å². The highest BCUT2D eigenvalue weighted by atomic mass is 79.9. The van der Waals surface area contributed by atoms with Crippen molar-refractivity contribution in [1.29, 1.82) is 0 Å². The summed E-state index contributed by atoms with van der Waals surface area (Å²) in [6, 6.07) is 10.1. The molecular weight excluding hydrogens is 216 g/mol. The van der Waals surface area contributed by atoms with E-state index in [0.717, 1.165) is 11.8 Å². The van der Waals surface area contributed by atoms with Crippen molar-refractivity contribution in [2.75, 3.05) is 11.9 Å². The molecule has 1 nitrogen and oxygen atoms in total. The predicted molar refractivity (Wildman–Crippen MR) is 54.7 cm³/mol. The van der Waals surface area contributed by atoms with Crippen molar-refractivity contribution < 1.29 is 5.11 Å². The summed E-state index contributed by atoms with van der Waals surface area (Å²) in [5.41, 5.74) is 1.22. The second-order valence-corrected chi connectivity index (χ2v) is 3.56. The van der Waals surface area contributed by atoms with E-state index in [9.17, 15) is 0 Å². The van der Waals surface area contributed by atoms with Gasteiger partial charge in [0, 0.05) is 17.9 Å². The highest BCUT2D eigenvalue weighted by Gasteiger charge is 2.07. The van der Waals surface area contributed by atoms with Crippen LogP contribution in [-0.4, -0.2) is 17.0 Å². The molecule has 66 valence electrons. The van der Waals surface area contributed by atoms with E-state index in [2.05, 4.69) is 28.1 Å². The lowest BCUT2D eigenvalue weighted by Crippen LogP contribution is -2.04. The zero-order valence-electron chi connectivity index (χ0n) is 6.91. The number of benzene rings is 1. The van der Waals surface area contributed by atoms with Gasteiger partial charge in [-0.25, -0.2) is 0 Å². The van der Waals surface area contributed by atoms with Gasteiger partial charge < -0.3 is 5.11 Å². The first-order valence-corrected chi connectivity index (χ1v) is 5.22. The van der Waals surface area contributed by atoms with E-state index in [1.807, 2.05) is 18.2 Å². The summed E-state index contributed by atoms with van der Waals surface area (Å²) in [6.07, 6.45) is 0.987. The molecule has 0 heterocycles. The molecule has 2 heteroatoms. The minimum absolute atomic E-state index is 0.232. The summed E-state index contributed by atoms with van der Waals surface area (Å²) in [4.78, 5) is 0. The highest BCUT2D eigenvalue weighted by Crippen LogP contribution is 2.19. The van der Waals surface area contributed by atoms with Crippen LogP contribution < -0.4 is 0 Å². The Morgan fingerprint density at radius 2 is 1.92 bits per heavy atom. The van der Waals surface area contributed by atoms with Gasteiger partial charge in [0.1, 0.15) is 0 Å². The fourth-order valence-corrected chi connectivity index (χ4v) is 1.77. The van der Waals surface area contributed by atoms with Crippen LogP contribution >= 0.6 is 15.9 Å². The lowest BCUT2D eigenvalue weighted by molar-refractivity contribution is 0.263. The molecule has 1 rings (SSSR count). The zero-order valence-corrected chi connectivity index (χ0v) is 8.50. The molecule has 0 spiro atoms. The fraction of sp³-hybridized carbons (Fsp3) is 0.400. The van der Waals surface area contributed by atoms with Gasteiger partial charge >= 0.3 is 0 Å². The van der Waals surface area contributed by atoms with Gasteiger partial charge in [0.15, 0.2) is 0 Å². The number of aliphatic hydroxyl groups excluding tert-OH is 1. The molecule has 0 saturated heterocycles. The number of hydrogen-bond acceptors (Lipinski definition) is 1. The second kappa shape index (κ2) is 5.33. The van der Waals surface area contributed by atoms with Crippen LogP contribution in [0.5, 0.6) is 0 Å². The van der Waals surface area contributed by atoms with Crippen LogP contribution in [0, 0.1) is 0 Å². The van der Waals surface area contributed by atoms with Crippen LogP contribution in [-0.2, 0) is 0 Å². The zero-order chi connectivity index (χ0) is 8.81. The molecule has 1 unspecified atom stereocenters. The van der Waals surface area contributed by atoms with Crippen LogP contribution in [0.1, 0.15) is 17.9 Å². The van der Waals surface area contributed by atoms with Crippen molar-refractivity contribution in [1.82, 2.24) is 0 Å². The second-order valence-electron chi connectivity index (χ2n) is 2.77. The maximum absolute atomic E-state index is 9.09. The molecule has 0 saturated carbocycles. The Kier molecular flexibility index (Phi) is 4.33. The standard InChI is InChI=1S/C10H13BrO/c11-7-6-10(8-12)9-4-2-1-3-5-9/h1-5,10,12H,6-8H2. The van der Waals surface area contributed by atoms with Gasteiger partial charge in [-0.3, -0.25) is 0 Å².